The lowest BCUT2D eigenvalue weighted by Crippen LogP contribution is -2.44. The quantitative estimate of drug-likeness (QED) is 0.726. The van der Waals surface area contributed by atoms with Crippen molar-refractivity contribution >= 4 is 11.9 Å². The fourth-order valence-electron chi connectivity index (χ4n) is 2.81. The van der Waals surface area contributed by atoms with Crippen molar-refractivity contribution < 1.29 is 14.7 Å². The molecule has 2 aromatic rings. The maximum absolute atomic E-state index is 12.6. The molecule has 0 radical (unpaired) electrons. The minimum atomic E-state index is -0.935. The first-order valence-electron chi connectivity index (χ1n) is 8.79. The van der Waals surface area contributed by atoms with E-state index in [0.717, 1.165) is 11.1 Å². The molecule has 0 fully saturated rings. The third kappa shape index (κ3) is 6.33. The van der Waals surface area contributed by atoms with E-state index >= 15 is 0 Å². The van der Waals surface area contributed by atoms with Crippen LogP contribution in [0.5, 0.6) is 0 Å². The standard InChI is InChI=1S/C21H26N2O3/c1-16(2)23(15-21(25)26)14-20(24)22-19(18-11-7-4-8-12-18)13-17-9-5-3-6-10-17/h3-12,16,19H,13-15H2,1-2H3,(H,22,24)(H,25,26). The van der Waals surface area contributed by atoms with Crippen LogP contribution in [-0.4, -0.2) is 41.0 Å². The van der Waals surface area contributed by atoms with Crippen LogP contribution < -0.4 is 5.32 Å². The number of aliphatic carboxylic acids is 1. The summed E-state index contributed by atoms with van der Waals surface area (Å²) in [6.07, 6.45) is 0.678. The summed E-state index contributed by atoms with van der Waals surface area (Å²) in [7, 11) is 0. The zero-order chi connectivity index (χ0) is 18.9. The van der Waals surface area contributed by atoms with Gasteiger partial charge in [0.1, 0.15) is 0 Å². The topological polar surface area (TPSA) is 69.6 Å². The van der Waals surface area contributed by atoms with Crippen molar-refractivity contribution in [2.45, 2.75) is 32.4 Å². The molecule has 0 bridgehead atoms. The van der Waals surface area contributed by atoms with E-state index in [1.165, 1.54) is 0 Å². The number of carbonyl (C=O) groups is 2. The van der Waals surface area contributed by atoms with Crippen molar-refractivity contribution in [3.63, 3.8) is 0 Å². The third-order valence-electron chi connectivity index (χ3n) is 4.24. The molecule has 0 aliphatic carbocycles. The van der Waals surface area contributed by atoms with Gasteiger partial charge in [0.15, 0.2) is 0 Å². The smallest absolute Gasteiger partial charge is 0.317 e. The number of nitrogens with zero attached hydrogens (tertiary/aromatic N) is 1. The van der Waals surface area contributed by atoms with Crippen LogP contribution in [0.3, 0.4) is 0 Å². The van der Waals surface area contributed by atoms with Crippen molar-refractivity contribution in [1.29, 1.82) is 0 Å². The Morgan fingerprint density at radius 3 is 2.08 bits per heavy atom. The van der Waals surface area contributed by atoms with E-state index in [0.29, 0.717) is 6.42 Å². The summed E-state index contributed by atoms with van der Waals surface area (Å²) in [5.74, 6) is -1.11. The number of hydrogen-bond acceptors (Lipinski definition) is 3. The highest BCUT2D eigenvalue weighted by Gasteiger charge is 2.20. The van der Waals surface area contributed by atoms with Crippen LogP contribution >= 0.6 is 0 Å². The Hall–Kier alpha value is -2.66. The third-order valence-corrected chi connectivity index (χ3v) is 4.24. The van der Waals surface area contributed by atoms with Crippen molar-refractivity contribution in [3.8, 4) is 0 Å². The van der Waals surface area contributed by atoms with Gasteiger partial charge in [-0.2, -0.15) is 0 Å². The summed E-state index contributed by atoms with van der Waals surface area (Å²) in [5, 5.41) is 12.1. The molecule has 2 aromatic carbocycles. The molecule has 2 rings (SSSR count). The second-order valence-electron chi connectivity index (χ2n) is 6.61. The van der Waals surface area contributed by atoms with Gasteiger partial charge in [-0.1, -0.05) is 60.7 Å². The zero-order valence-electron chi connectivity index (χ0n) is 15.3. The first-order chi connectivity index (χ1) is 12.5. The van der Waals surface area contributed by atoms with Crippen LogP contribution in [0.25, 0.3) is 0 Å². The Balaban J connectivity index is 2.10. The van der Waals surface area contributed by atoms with Crippen LogP contribution in [0.15, 0.2) is 60.7 Å². The van der Waals surface area contributed by atoms with Crippen LogP contribution in [0.4, 0.5) is 0 Å². The van der Waals surface area contributed by atoms with Gasteiger partial charge in [0.2, 0.25) is 5.91 Å². The van der Waals surface area contributed by atoms with Gasteiger partial charge in [0, 0.05) is 6.04 Å². The van der Waals surface area contributed by atoms with Gasteiger partial charge in [-0.15, -0.1) is 0 Å². The summed E-state index contributed by atoms with van der Waals surface area (Å²) >= 11 is 0. The fourth-order valence-corrected chi connectivity index (χ4v) is 2.81. The molecule has 1 unspecified atom stereocenters. The molecular formula is C21H26N2O3. The van der Waals surface area contributed by atoms with E-state index in [1.54, 1.807) is 4.90 Å². The Kier molecular flexibility index (Phi) is 7.36. The van der Waals surface area contributed by atoms with E-state index in [9.17, 15) is 9.59 Å². The summed E-state index contributed by atoms with van der Waals surface area (Å²) in [5.41, 5.74) is 2.16. The Morgan fingerprint density at radius 1 is 0.962 bits per heavy atom. The van der Waals surface area contributed by atoms with Crippen LogP contribution in [-0.2, 0) is 16.0 Å². The molecule has 26 heavy (non-hydrogen) atoms. The molecule has 0 heterocycles. The molecule has 1 atom stereocenters. The maximum Gasteiger partial charge on any atom is 0.317 e. The minimum Gasteiger partial charge on any atom is -0.480 e. The van der Waals surface area contributed by atoms with Gasteiger partial charge in [-0.05, 0) is 31.4 Å². The number of nitrogens with one attached hydrogen (secondary N) is 1. The summed E-state index contributed by atoms with van der Waals surface area (Å²) in [4.78, 5) is 25.2. The highest BCUT2D eigenvalue weighted by molar-refractivity contribution is 5.79. The number of benzene rings is 2. The van der Waals surface area contributed by atoms with E-state index < -0.39 is 5.97 Å². The molecule has 0 aromatic heterocycles. The zero-order valence-corrected chi connectivity index (χ0v) is 15.3. The summed E-state index contributed by atoms with van der Waals surface area (Å²) < 4.78 is 0. The maximum atomic E-state index is 12.6. The fraction of sp³-hybridized carbons (Fsp3) is 0.333. The van der Waals surface area contributed by atoms with Gasteiger partial charge >= 0.3 is 5.97 Å². The number of amides is 1. The second kappa shape index (κ2) is 9.73. The molecule has 0 aliphatic heterocycles. The molecule has 5 heteroatoms. The van der Waals surface area contributed by atoms with Gasteiger partial charge < -0.3 is 10.4 Å². The number of hydrogen-bond donors (Lipinski definition) is 2. The second-order valence-corrected chi connectivity index (χ2v) is 6.61. The van der Waals surface area contributed by atoms with E-state index in [-0.39, 0.29) is 31.1 Å². The number of rotatable bonds is 9. The Bertz CT molecular complexity index is 702. The average molecular weight is 354 g/mol. The number of carbonyl (C=O) groups excluding carboxylic acids is 1. The normalized spacial score (nSPS) is 12.2. The molecule has 0 aliphatic rings. The molecule has 0 spiro atoms. The first-order valence-corrected chi connectivity index (χ1v) is 8.79. The van der Waals surface area contributed by atoms with Gasteiger partial charge in [0.25, 0.3) is 0 Å². The molecule has 0 saturated heterocycles. The lowest BCUT2D eigenvalue weighted by molar-refractivity contribution is -0.139. The average Bonchev–Trinajstić information content (AvgIpc) is 2.62. The highest BCUT2D eigenvalue weighted by Crippen LogP contribution is 2.18. The number of carboxylic acid groups (broad SMARTS) is 1. The molecule has 5 nitrogen and oxygen atoms in total. The van der Waals surface area contributed by atoms with Crippen molar-refractivity contribution in [3.05, 3.63) is 71.8 Å². The molecule has 0 saturated carbocycles. The molecule has 1 amide bonds. The Morgan fingerprint density at radius 2 is 1.54 bits per heavy atom. The predicted molar refractivity (Wildman–Crippen MR) is 102 cm³/mol. The van der Waals surface area contributed by atoms with Gasteiger partial charge in [-0.3, -0.25) is 14.5 Å². The predicted octanol–water partition coefficient (Wildman–Crippen LogP) is 2.88. The lowest BCUT2D eigenvalue weighted by atomic mass is 9.99. The van der Waals surface area contributed by atoms with Crippen LogP contribution in [0.2, 0.25) is 0 Å². The van der Waals surface area contributed by atoms with E-state index in [2.05, 4.69) is 5.32 Å². The summed E-state index contributed by atoms with van der Waals surface area (Å²) in [6.45, 7) is 3.67. The SMILES string of the molecule is CC(C)N(CC(=O)O)CC(=O)NC(Cc1ccccc1)c1ccccc1. The first kappa shape index (κ1) is 19.7. The highest BCUT2D eigenvalue weighted by atomic mass is 16.4. The van der Waals surface area contributed by atoms with Crippen molar-refractivity contribution in [1.82, 2.24) is 10.2 Å². The van der Waals surface area contributed by atoms with E-state index in [4.69, 9.17) is 5.11 Å². The molecule has 2 N–H and O–H groups in total. The lowest BCUT2D eigenvalue weighted by Gasteiger charge is -2.26. The summed E-state index contributed by atoms with van der Waals surface area (Å²) in [6, 6.07) is 19.6. The van der Waals surface area contributed by atoms with Gasteiger partial charge in [-0.25, -0.2) is 0 Å². The van der Waals surface area contributed by atoms with Crippen LogP contribution in [0, 0.1) is 0 Å². The van der Waals surface area contributed by atoms with Crippen molar-refractivity contribution in [2.75, 3.05) is 13.1 Å². The Labute approximate surface area is 154 Å². The largest absolute Gasteiger partial charge is 0.480 e. The van der Waals surface area contributed by atoms with E-state index in [1.807, 2.05) is 74.5 Å². The minimum absolute atomic E-state index is 0.0267. The van der Waals surface area contributed by atoms with Crippen LogP contribution in [0.1, 0.15) is 31.0 Å². The van der Waals surface area contributed by atoms with Gasteiger partial charge in [0.05, 0.1) is 19.1 Å². The van der Waals surface area contributed by atoms with Crippen molar-refractivity contribution in [2.24, 2.45) is 0 Å². The molecular weight excluding hydrogens is 328 g/mol. The number of carboxylic acids is 1. The molecule has 138 valence electrons. The monoisotopic (exact) mass is 354 g/mol.